The summed E-state index contributed by atoms with van der Waals surface area (Å²) in [5, 5.41) is 5.04. The van der Waals surface area contributed by atoms with Gasteiger partial charge in [0.25, 0.3) is 0 Å². The van der Waals surface area contributed by atoms with Crippen molar-refractivity contribution in [3.63, 3.8) is 0 Å². The Kier molecular flexibility index (Phi) is 4.08. The second-order valence-corrected chi connectivity index (χ2v) is 5.80. The zero-order valence-corrected chi connectivity index (χ0v) is 12.4. The Hall–Kier alpha value is -1.32. The molecule has 0 spiro atoms. The Balaban J connectivity index is 1.89. The van der Waals surface area contributed by atoms with Crippen molar-refractivity contribution in [2.24, 2.45) is 5.73 Å². The zero-order chi connectivity index (χ0) is 13.9. The van der Waals surface area contributed by atoms with Gasteiger partial charge >= 0.3 is 0 Å². The molecule has 1 aliphatic carbocycles. The Morgan fingerprint density at radius 3 is 2.80 bits per heavy atom. The van der Waals surface area contributed by atoms with Gasteiger partial charge in [0.2, 0.25) is 0 Å². The van der Waals surface area contributed by atoms with Gasteiger partial charge in [-0.25, -0.2) is 0 Å². The van der Waals surface area contributed by atoms with Crippen molar-refractivity contribution in [3.8, 4) is 0 Å². The van der Waals surface area contributed by atoms with Gasteiger partial charge in [0.15, 0.2) is 0 Å². The van der Waals surface area contributed by atoms with Gasteiger partial charge < -0.3 is 15.6 Å². The summed E-state index contributed by atoms with van der Waals surface area (Å²) in [5.41, 5.74) is 9.82. The molecular formula is C17H25N3. The molecule has 0 saturated heterocycles. The second-order valence-electron chi connectivity index (χ2n) is 5.80. The third-order valence-corrected chi connectivity index (χ3v) is 4.59. The highest BCUT2D eigenvalue weighted by atomic mass is 15.0. The van der Waals surface area contributed by atoms with E-state index in [1.54, 1.807) is 0 Å². The van der Waals surface area contributed by atoms with Crippen LogP contribution in [0.2, 0.25) is 0 Å². The van der Waals surface area contributed by atoms with Crippen LogP contribution in [0.3, 0.4) is 0 Å². The van der Waals surface area contributed by atoms with E-state index in [1.807, 2.05) is 0 Å². The predicted molar refractivity (Wildman–Crippen MR) is 84.6 cm³/mol. The number of nitrogens with zero attached hydrogens (tertiary/aromatic N) is 1. The minimum absolute atomic E-state index is 0.612. The normalized spacial score (nSPS) is 16.3. The molecular weight excluding hydrogens is 246 g/mol. The molecule has 1 saturated carbocycles. The molecule has 1 aliphatic rings. The fraction of sp³-hybridized carbons (Fsp3) is 0.529. The fourth-order valence-electron chi connectivity index (χ4n) is 3.48. The summed E-state index contributed by atoms with van der Waals surface area (Å²) in [7, 11) is 0. The lowest BCUT2D eigenvalue weighted by Gasteiger charge is -2.13. The van der Waals surface area contributed by atoms with Crippen LogP contribution in [0, 0.1) is 0 Å². The van der Waals surface area contributed by atoms with Crippen molar-refractivity contribution in [1.82, 2.24) is 9.88 Å². The Bertz CT molecular complexity index is 579. The van der Waals surface area contributed by atoms with Crippen LogP contribution in [0.4, 0.5) is 0 Å². The molecule has 3 N–H and O–H groups in total. The van der Waals surface area contributed by atoms with Gasteiger partial charge in [0.05, 0.1) is 0 Å². The van der Waals surface area contributed by atoms with Crippen LogP contribution >= 0.6 is 0 Å². The Morgan fingerprint density at radius 2 is 2.10 bits per heavy atom. The van der Waals surface area contributed by atoms with E-state index in [1.165, 1.54) is 47.8 Å². The number of aromatic nitrogens is 1. The van der Waals surface area contributed by atoms with Crippen LogP contribution in [0.1, 0.15) is 43.9 Å². The summed E-state index contributed by atoms with van der Waals surface area (Å²) in [4.78, 5) is 0. The van der Waals surface area contributed by atoms with E-state index < -0.39 is 0 Å². The van der Waals surface area contributed by atoms with Crippen molar-refractivity contribution >= 4 is 10.9 Å². The van der Waals surface area contributed by atoms with Gasteiger partial charge in [0.1, 0.15) is 0 Å². The minimum atomic E-state index is 0.612. The quantitative estimate of drug-likeness (QED) is 0.877. The standard InChI is InChI=1S/C17H25N3/c1-2-20-15(12-19-14-7-3-4-8-14)10-16-13(11-18)6-5-9-17(16)20/h5-6,9-10,14,19H,2-4,7-8,11-12,18H2,1H3. The van der Waals surface area contributed by atoms with Gasteiger partial charge in [-0.05, 0) is 37.5 Å². The van der Waals surface area contributed by atoms with E-state index >= 15 is 0 Å². The topological polar surface area (TPSA) is 43.0 Å². The number of hydrogen-bond donors (Lipinski definition) is 2. The van der Waals surface area contributed by atoms with E-state index in [0.717, 1.165) is 13.1 Å². The molecule has 0 radical (unpaired) electrons. The number of hydrogen-bond acceptors (Lipinski definition) is 2. The average Bonchev–Trinajstić information content (AvgIpc) is 3.11. The molecule has 1 fully saturated rings. The number of aryl methyl sites for hydroxylation is 1. The van der Waals surface area contributed by atoms with Crippen LogP contribution in [0.15, 0.2) is 24.3 Å². The summed E-state index contributed by atoms with van der Waals surface area (Å²) in [6.07, 6.45) is 5.43. The molecule has 108 valence electrons. The van der Waals surface area contributed by atoms with Crippen molar-refractivity contribution < 1.29 is 0 Å². The first-order valence-corrected chi connectivity index (χ1v) is 7.87. The molecule has 2 aromatic rings. The largest absolute Gasteiger partial charge is 0.344 e. The molecule has 3 heteroatoms. The molecule has 3 nitrogen and oxygen atoms in total. The highest BCUT2D eigenvalue weighted by molar-refractivity contribution is 5.84. The summed E-state index contributed by atoms with van der Waals surface area (Å²) in [6.45, 7) is 4.81. The maximum Gasteiger partial charge on any atom is 0.0486 e. The molecule has 20 heavy (non-hydrogen) atoms. The Morgan fingerprint density at radius 1 is 1.30 bits per heavy atom. The first-order chi connectivity index (χ1) is 9.83. The lowest BCUT2D eigenvalue weighted by Crippen LogP contribution is -2.26. The van der Waals surface area contributed by atoms with E-state index in [9.17, 15) is 0 Å². The molecule has 0 amide bonds. The minimum Gasteiger partial charge on any atom is -0.344 e. The molecule has 0 bridgehead atoms. The molecule has 1 aromatic heterocycles. The van der Waals surface area contributed by atoms with E-state index in [0.29, 0.717) is 12.6 Å². The first kappa shape index (κ1) is 13.7. The van der Waals surface area contributed by atoms with Gasteiger partial charge in [0, 0.05) is 42.3 Å². The first-order valence-electron chi connectivity index (χ1n) is 7.87. The van der Waals surface area contributed by atoms with Crippen LogP contribution in [-0.4, -0.2) is 10.6 Å². The SMILES string of the molecule is CCn1c(CNC2CCCC2)cc2c(CN)cccc21. The Labute approximate surface area is 121 Å². The molecule has 0 unspecified atom stereocenters. The van der Waals surface area contributed by atoms with Crippen LogP contribution in [0.5, 0.6) is 0 Å². The van der Waals surface area contributed by atoms with E-state index in [-0.39, 0.29) is 0 Å². The van der Waals surface area contributed by atoms with Crippen molar-refractivity contribution in [3.05, 3.63) is 35.5 Å². The molecule has 0 aliphatic heterocycles. The third kappa shape index (κ3) is 2.48. The smallest absolute Gasteiger partial charge is 0.0486 e. The van der Waals surface area contributed by atoms with Crippen LogP contribution < -0.4 is 11.1 Å². The summed E-state index contributed by atoms with van der Waals surface area (Å²) in [5.74, 6) is 0. The maximum atomic E-state index is 5.87. The monoisotopic (exact) mass is 271 g/mol. The van der Waals surface area contributed by atoms with Crippen molar-refractivity contribution in [1.29, 1.82) is 0 Å². The van der Waals surface area contributed by atoms with Gasteiger partial charge in [-0.1, -0.05) is 25.0 Å². The van der Waals surface area contributed by atoms with Gasteiger partial charge in [-0.2, -0.15) is 0 Å². The number of fused-ring (bicyclic) bond motifs is 1. The highest BCUT2D eigenvalue weighted by Gasteiger charge is 2.16. The van der Waals surface area contributed by atoms with E-state index in [4.69, 9.17) is 5.73 Å². The lowest BCUT2D eigenvalue weighted by molar-refractivity contribution is 0.510. The number of benzene rings is 1. The van der Waals surface area contributed by atoms with Crippen molar-refractivity contribution in [2.75, 3.05) is 0 Å². The average molecular weight is 271 g/mol. The highest BCUT2D eigenvalue weighted by Crippen LogP contribution is 2.24. The number of nitrogens with two attached hydrogens (primary N) is 1. The molecule has 0 atom stereocenters. The second kappa shape index (κ2) is 5.98. The van der Waals surface area contributed by atoms with Gasteiger partial charge in [-0.15, -0.1) is 0 Å². The van der Waals surface area contributed by atoms with Gasteiger partial charge in [-0.3, -0.25) is 0 Å². The number of nitrogens with one attached hydrogen (secondary N) is 1. The fourth-order valence-corrected chi connectivity index (χ4v) is 3.48. The molecule has 3 rings (SSSR count). The molecule has 1 heterocycles. The molecule has 1 aromatic carbocycles. The van der Waals surface area contributed by atoms with Crippen LogP contribution in [-0.2, 0) is 19.6 Å². The summed E-state index contributed by atoms with van der Waals surface area (Å²) in [6, 6.07) is 9.49. The number of rotatable bonds is 5. The van der Waals surface area contributed by atoms with Crippen molar-refractivity contribution in [2.45, 2.75) is 58.3 Å². The lowest BCUT2D eigenvalue weighted by atomic mass is 10.1. The maximum absolute atomic E-state index is 5.87. The predicted octanol–water partition coefficient (Wildman–Crippen LogP) is 3.15. The van der Waals surface area contributed by atoms with Crippen LogP contribution in [0.25, 0.3) is 10.9 Å². The summed E-state index contributed by atoms with van der Waals surface area (Å²) < 4.78 is 2.41. The summed E-state index contributed by atoms with van der Waals surface area (Å²) >= 11 is 0. The zero-order valence-electron chi connectivity index (χ0n) is 12.4. The van der Waals surface area contributed by atoms with E-state index in [2.05, 4.69) is 41.1 Å². The third-order valence-electron chi connectivity index (χ3n) is 4.59.